The maximum absolute atomic E-state index is 13.5. The van der Waals surface area contributed by atoms with Gasteiger partial charge in [0.15, 0.2) is 6.10 Å². The molecule has 0 aliphatic heterocycles. The molecule has 5 nitrogen and oxygen atoms in total. The lowest BCUT2D eigenvalue weighted by molar-refractivity contribution is -0.150. The second-order valence-electron chi connectivity index (χ2n) is 5.19. The van der Waals surface area contributed by atoms with Crippen molar-refractivity contribution in [2.24, 2.45) is 0 Å². The van der Waals surface area contributed by atoms with Crippen LogP contribution in [0, 0.1) is 5.82 Å². The van der Waals surface area contributed by atoms with E-state index < -0.39 is 23.8 Å². The summed E-state index contributed by atoms with van der Waals surface area (Å²) in [7, 11) is 1.46. The minimum atomic E-state index is -1.03. The Morgan fingerprint density at radius 2 is 2.00 bits per heavy atom. The molecule has 0 aromatic heterocycles. The topological polar surface area (TPSA) is 64.6 Å². The number of thioether (sulfide) groups is 1. The van der Waals surface area contributed by atoms with Gasteiger partial charge in [-0.2, -0.15) is 0 Å². The summed E-state index contributed by atoms with van der Waals surface area (Å²) in [5.41, 5.74) is 0.369. The van der Waals surface area contributed by atoms with Crippen molar-refractivity contribution in [2.75, 3.05) is 18.2 Å². The van der Waals surface area contributed by atoms with Crippen LogP contribution in [-0.2, 0) is 14.3 Å². The molecule has 0 spiro atoms. The number of halogens is 2. The number of methoxy groups -OCH3 is 1. The number of carbonyl (C=O) groups excluding carboxylic acids is 2. The van der Waals surface area contributed by atoms with Crippen molar-refractivity contribution in [3.05, 3.63) is 53.3 Å². The standard InChI is InChI=1S/C18H17ClFNO4S/c1-11(18(23)21-14-9-12(19)7-8-15(14)24-2)25-17(22)10-26-16-6-4-3-5-13(16)20/h3-9,11H,10H2,1-2H3,(H,21,23)/t11-/m0/s1. The molecule has 0 aliphatic rings. The molecule has 1 atom stereocenters. The van der Waals surface area contributed by atoms with Crippen LogP contribution in [0.25, 0.3) is 0 Å². The predicted octanol–water partition coefficient (Wildman–Crippen LogP) is 4.15. The fourth-order valence-corrected chi connectivity index (χ4v) is 2.89. The van der Waals surface area contributed by atoms with Gasteiger partial charge in [-0.15, -0.1) is 11.8 Å². The molecule has 0 unspecified atom stereocenters. The van der Waals surface area contributed by atoms with Crippen LogP contribution in [0.2, 0.25) is 5.02 Å². The molecule has 1 amide bonds. The van der Waals surface area contributed by atoms with Crippen LogP contribution in [0.3, 0.4) is 0 Å². The Labute approximate surface area is 159 Å². The molecule has 1 N–H and O–H groups in total. The molecule has 0 aliphatic carbocycles. The van der Waals surface area contributed by atoms with Crippen LogP contribution >= 0.6 is 23.4 Å². The molecule has 2 aromatic carbocycles. The van der Waals surface area contributed by atoms with E-state index in [9.17, 15) is 14.0 Å². The molecule has 0 heterocycles. The van der Waals surface area contributed by atoms with E-state index >= 15 is 0 Å². The second kappa shape index (κ2) is 9.45. The van der Waals surface area contributed by atoms with Crippen molar-refractivity contribution in [1.82, 2.24) is 0 Å². The summed E-state index contributed by atoms with van der Waals surface area (Å²) in [6.07, 6.45) is -1.03. The Bertz CT molecular complexity index is 803. The monoisotopic (exact) mass is 397 g/mol. The molecular formula is C18H17ClFNO4S. The molecule has 2 aromatic rings. The van der Waals surface area contributed by atoms with Crippen LogP contribution in [0.5, 0.6) is 5.75 Å². The van der Waals surface area contributed by atoms with Crippen molar-refractivity contribution in [2.45, 2.75) is 17.9 Å². The van der Waals surface area contributed by atoms with Gasteiger partial charge in [-0.3, -0.25) is 9.59 Å². The zero-order valence-electron chi connectivity index (χ0n) is 14.1. The van der Waals surface area contributed by atoms with Gasteiger partial charge in [0.1, 0.15) is 11.6 Å². The number of nitrogens with one attached hydrogen (secondary N) is 1. The lowest BCUT2D eigenvalue weighted by atomic mass is 10.2. The van der Waals surface area contributed by atoms with E-state index in [2.05, 4.69) is 5.32 Å². The van der Waals surface area contributed by atoms with Gasteiger partial charge < -0.3 is 14.8 Å². The van der Waals surface area contributed by atoms with Gasteiger partial charge in [0.25, 0.3) is 5.91 Å². The van der Waals surface area contributed by atoms with Crippen molar-refractivity contribution < 1.29 is 23.5 Å². The largest absolute Gasteiger partial charge is 0.495 e. The quantitative estimate of drug-likeness (QED) is 0.561. The SMILES string of the molecule is COc1ccc(Cl)cc1NC(=O)[C@H](C)OC(=O)CSc1ccccc1F. The summed E-state index contributed by atoms with van der Waals surface area (Å²) in [5, 5.41) is 3.02. The molecule has 0 bridgehead atoms. The smallest absolute Gasteiger partial charge is 0.317 e. The first kappa shape index (κ1) is 20.1. The molecule has 2 rings (SSSR count). The number of ether oxygens (including phenoxy) is 2. The predicted molar refractivity (Wildman–Crippen MR) is 99.3 cm³/mol. The lowest BCUT2D eigenvalue weighted by Crippen LogP contribution is -2.30. The molecule has 0 saturated carbocycles. The lowest BCUT2D eigenvalue weighted by Gasteiger charge is -2.15. The fourth-order valence-electron chi connectivity index (χ4n) is 2.00. The molecule has 138 valence electrons. The third-order valence-corrected chi connectivity index (χ3v) is 4.54. The number of hydrogen-bond donors (Lipinski definition) is 1. The van der Waals surface area contributed by atoms with Crippen LogP contribution < -0.4 is 10.1 Å². The minimum absolute atomic E-state index is 0.112. The van der Waals surface area contributed by atoms with E-state index in [-0.39, 0.29) is 5.75 Å². The second-order valence-corrected chi connectivity index (χ2v) is 6.64. The number of carbonyl (C=O) groups is 2. The third-order valence-electron chi connectivity index (χ3n) is 3.28. The van der Waals surface area contributed by atoms with Gasteiger partial charge in [0.05, 0.1) is 18.6 Å². The Morgan fingerprint density at radius 1 is 1.27 bits per heavy atom. The van der Waals surface area contributed by atoms with Gasteiger partial charge in [-0.25, -0.2) is 4.39 Å². The highest BCUT2D eigenvalue weighted by Crippen LogP contribution is 2.28. The fraction of sp³-hybridized carbons (Fsp3) is 0.222. The van der Waals surface area contributed by atoms with Crippen molar-refractivity contribution in [3.63, 3.8) is 0 Å². The van der Waals surface area contributed by atoms with E-state index in [1.54, 1.807) is 30.3 Å². The van der Waals surface area contributed by atoms with Gasteiger partial charge in [0, 0.05) is 9.92 Å². The number of esters is 1. The number of rotatable bonds is 7. The number of hydrogen-bond acceptors (Lipinski definition) is 5. The van der Waals surface area contributed by atoms with Gasteiger partial charge >= 0.3 is 5.97 Å². The molecule has 0 saturated heterocycles. The summed E-state index contributed by atoms with van der Waals surface area (Å²) in [5.74, 6) is -1.26. The first-order valence-corrected chi connectivity index (χ1v) is 8.98. The van der Waals surface area contributed by atoms with Gasteiger partial charge in [-0.1, -0.05) is 23.7 Å². The van der Waals surface area contributed by atoms with E-state index in [1.165, 1.54) is 26.2 Å². The van der Waals surface area contributed by atoms with E-state index in [0.717, 1.165) is 11.8 Å². The van der Waals surface area contributed by atoms with Crippen LogP contribution in [0.1, 0.15) is 6.92 Å². The van der Waals surface area contributed by atoms with E-state index in [4.69, 9.17) is 21.1 Å². The Kier molecular flexibility index (Phi) is 7.29. The number of anilines is 1. The summed E-state index contributed by atoms with van der Waals surface area (Å²) in [6.45, 7) is 1.44. The molecule has 26 heavy (non-hydrogen) atoms. The zero-order valence-corrected chi connectivity index (χ0v) is 15.7. The summed E-state index contributed by atoms with van der Waals surface area (Å²) < 4.78 is 23.7. The van der Waals surface area contributed by atoms with Crippen molar-refractivity contribution >= 4 is 40.9 Å². The number of benzene rings is 2. The minimum Gasteiger partial charge on any atom is -0.495 e. The first-order chi connectivity index (χ1) is 12.4. The first-order valence-electron chi connectivity index (χ1n) is 7.62. The number of amides is 1. The molecular weight excluding hydrogens is 381 g/mol. The van der Waals surface area contributed by atoms with Crippen molar-refractivity contribution in [3.8, 4) is 5.75 Å². The summed E-state index contributed by atoms with van der Waals surface area (Å²) >= 11 is 6.91. The summed E-state index contributed by atoms with van der Waals surface area (Å²) in [6, 6.07) is 10.9. The highest BCUT2D eigenvalue weighted by Gasteiger charge is 2.20. The average molecular weight is 398 g/mol. The average Bonchev–Trinajstić information content (AvgIpc) is 2.61. The normalized spacial score (nSPS) is 11.5. The highest BCUT2D eigenvalue weighted by atomic mass is 35.5. The maximum Gasteiger partial charge on any atom is 0.317 e. The van der Waals surface area contributed by atoms with Crippen LogP contribution in [-0.4, -0.2) is 30.8 Å². The molecule has 0 fully saturated rings. The van der Waals surface area contributed by atoms with Crippen molar-refractivity contribution in [1.29, 1.82) is 0 Å². The van der Waals surface area contributed by atoms with Gasteiger partial charge in [0.2, 0.25) is 0 Å². The van der Waals surface area contributed by atoms with Gasteiger partial charge in [-0.05, 0) is 37.3 Å². The Hall–Kier alpha value is -2.25. The van der Waals surface area contributed by atoms with Crippen LogP contribution in [0.4, 0.5) is 10.1 Å². The molecule has 0 radical (unpaired) electrons. The maximum atomic E-state index is 13.5. The summed E-state index contributed by atoms with van der Waals surface area (Å²) in [4.78, 5) is 24.4. The Morgan fingerprint density at radius 3 is 2.69 bits per heavy atom. The van der Waals surface area contributed by atoms with E-state index in [1.807, 2.05) is 0 Å². The van der Waals surface area contributed by atoms with E-state index in [0.29, 0.717) is 21.4 Å². The highest BCUT2D eigenvalue weighted by molar-refractivity contribution is 8.00. The molecule has 8 heteroatoms. The zero-order chi connectivity index (χ0) is 19.1. The third kappa shape index (κ3) is 5.64. The van der Waals surface area contributed by atoms with Crippen LogP contribution in [0.15, 0.2) is 47.4 Å². The Balaban J connectivity index is 1.89.